The van der Waals surface area contributed by atoms with E-state index in [9.17, 15) is 9.59 Å². The number of carbonyl (C=O) groups excluding carboxylic acids is 2. The van der Waals surface area contributed by atoms with Gasteiger partial charge >= 0.3 is 5.97 Å². The van der Waals surface area contributed by atoms with Crippen LogP contribution in [0.1, 0.15) is 94.3 Å². The zero-order chi connectivity index (χ0) is 25.9. The molecule has 37 heavy (non-hydrogen) atoms. The monoisotopic (exact) mass is 505 g/mol. The van der Waals surface area contributed by atoms with E-state index in [1.807, 2.05) is 31.2 Å². The highest BCUT2D eigenvalue weighted by Gasteiger charge is 2.53. The maximum atomic E-state index is 14.1. The van der Waals surface area contributed by atoms with E-state index in [1.165, 1.54) is 26.0 Å². The van der Waals surface area contributed by atoms with Gasteiger partial charge in [0.25, 0.3) is 0 Å². The number of ether oxygens (including phenoxy) is 1. The lowest BCUT2D eigenvalue weighted by atomic mass is 9.53. The molecule has 1 aromatic carbocycles. The minimum Gasteiger partial charge on any atom is -0.466 e. The Kier molecular flexibility index (Phi) is 7.50. The zero-order valence-electron chi connectivity index (χ0n) is 22.2. The van der Waals surface area contributed by atoms with Gasteiger partial charge in [-0.05, 0) is 87.5 Å². The lowest BCUT2D eigenvalue weighted by molar-refractivity contribution is -0.134. The van der Waals surface area contributed by atoms with Gasteiger partial charge in [-0.15, -0.1) is 0 Å². The predicted octanol–water partition coefficient (Wildman–Crippen LogP) is 6.16. The van der Waals surface area contributed by atoms with Gasteiger partial charge in [0.05, 0.1) is 7.11 Å². The van der Waals surface area contributed by atoms with Gasteiger partial charge in [-0.25, -0.2) is 4.79 Å². The summed E-state index contributed by atoms with van der Waals surface area (Å²) in [5, 5.41) is 4.06. The Bertz CT molecular complexity index is 1120. The first kappa shape index (κ1) is 25.7. The fourth-order valence-electron chi connectivity index (χ4n) is 6.74. The third-order valence-corrected chi connectivity index (χ3v) is 9.14. The summed E-state index contributed by atoms with van der Waals surface area (Å²) < 4.78 is 10.4. The number of carbonyl (C=O) groups is 2. The minimum absolute atomic E-state index is 0.00225. The smallest absolute Gasteiger partial charge is 0.330 e. The molecule has 4 saturated carbocycles. The molecule has 2 bridgehead atoms. The van der Waals surface area contributed by atoms with Crippen molar-refractivity contribution in [2.45, 2.75) is 89.4 Å². The molecule has 6 rings (SSSR count). The topological polar surface area (TPSA) is 85.5 Å². The van der Waals surface area contributed by atoms with Crippen LogP contribution in [0.3, 0.4) is 0 Å². The molecule has 0 atom stereocenters. The van der Waals surface area contributed by atoms with Crippen LogP contribution in [0, 0.1) is 18.3 Å². The molecule has 0 N–H and O–H groups in total. The molecule has 1 amide bonds. The van der Waals surface area contributed by atoms with Gasteiger partial charge in [0, 0.05) is 29.6 Å². The van der Waals surface area contributed by atoms with E-state index in [0.717, 1.165) is 87.9 Å². The first-order valence-corrected chi connectivity index (χ1v) is 13.9. The summed E-state index contributed by atoms with van der Waals surface area (Å²) in [6, 6.07) is 8.00. The Balaban J connectivity index is 1.40. The van der Waals surface area contributed by atoms with Gasteiger partial charge in [-0.3, -0.25) is 4.79 Å². The number of benzene rings is 1. The Labute approximate surface area is 219 Å². The summed E-state index contributed by atoms with van der Waals surface area (Å²) in [5.41, 5.74) is 1.91. The highest BCUT2D eigenvalue weighted by Crippen LogP contribution is 2.58. The third-order valence-electron chi connectivity index (χ3n) is 9.14. The number of methoxy groups -OCH3 is 1. The van der Waals surface area contributed by atoms with Crippen molar-refractivity contribution < 1.29 is 18.8 Å². The predicted molar refractivity (Wildman–Crippen MR) is 142 cm³/mol. The number of aryl methyl sites for hydroxylation is 1. The summed E-state index contributed by atoms with van der Waals surface area (Å²) in [7, 11) is 1.37. The van der Waals surface area contributed by atoms with E-state index in [2.05, 4.69) is 15.0 Å². The van der Waals surface area contributed by atoms with Crippen LogP contribution in [-0.2, 0) is 19.7 Å². The van der Waals surface area contributed by atoms with E-state index in [0.29, 0.717) is 5.82 Å². The maximum absolute atomic E-state index is 14.1. The van der Waals surface area contributed by atoms with Crippen molar-refractivity contribution in [2.24, 2.45) is 11.3 Å². The Morgan fingerprint density at radius 2 is 1.78 bits per heavy atom. The Morgan fingerprint density at radius 3 is 2.41 bits per heavy atom. The number of esters is 1. The largest absolute Gasteiger partial charge is 0.466 e. The molecule has 0 radical (unpaired) electrons. The van der Waals surface area contributed by atoms with Gasteiger partial charge in [0.1, 0.15) is 0 Å². The molecule has 0 spiro atoms. The van der Waals surface area contributed by atoms with Gasteiger partial charge in [0.15, 0.2) is 5.82 Å². The number of fused-ring (bicyclic) bond motifs is 3. The number of hydrogen-bond donors (Lipinski definition) is 0. The van der Waals surface area contributed by atoms with Gasteiger partial charge in [-0.1, -0.05) is 43.0 Å². The summed E-state index contributed by atoms with van der Waals surface area (Å²) in [6.07, 6.45) is 16.1. The molecular weight excluding hydrogens is 466 g/mol. The first-order valence-electron chi connectivity index (χ1n) is 13.9. The standard InChI is InChI=1S/C30H39N3O4/c1-22-31-28(37-32-22)30-17-14-29(15-18-30,16-19-30)21-33(27(35)24-9-5-3-4-6-10-24)25-11-7-8-23(20-25)12-13-26(34)36-2/h7-8,11-13,20,24H,3-6,9-10,14-19,21H2,1-2H3/b13-12+. The molecule has 1 heterocycles. The van der Waals surface area contributed by atoms with E-state index in [-0.39, 0.29) is 28.6 Å². The molecule has 4 aliphatic rings. The quantitative estimate of drug-likeness (QED) is 0.254. The van der Waals surface area contributed by atoms with Crippen LogP contribution in [0.25, 0.3) is 6.08 Å². The number of aromatic nitrogens is 2. The van der Waals surface area contributed by atoms with Crippen LogP contribution in [0.15, 0.2) is 34.9 Å². The average Bonchev–Trinajstić information content (AvgIpc) is 3.20. The SMILES string of the molecule is COC(=O)/C=C/c1cccc(N(CC23CCC(c4nc(C)no4)(CC2)CC3)C(=O)C2CCCCCC2)c1. The molecule has 2 aromatic rings. The van der Waals surface area contributed by atoms with E-state index >= 15 is 0 Å². The lowest BCUT2D eigenvalue weighted by Crippen LogP contribution is -2.51. The molecule has 198 valence electrons. The second-order valence-corrected chi connectivity index (χ2v) is 11.5. The number of rotatable bonds is 7. The second kappa shape index (κ2) is 10.8. The highest BCUT2D eigenvalue weighted by molar-refractivity contribution is 5.95. The Morgan fingerprint density at radius 1 is 1.08 bits per heavy atom. The maximum Gasteiger partial charge on any atom is 0.330 e. The summed E-state index contributed by atoms with van der Waals surface area (Å²) in [6.45, 7) is 2.62. The van der Waals surface area contributed by atoms with E-state index in [4.69, 9.17) is 9.26 Å². The Hall–Kier alpha value is -2.96. The summed E-state index contributed by atoms with van der Waals surface area (Å²) in [5.74, 6) is 1.46. The number of hydrogen-bond acceptors (Lipinski definition) is 6. The molecule has 0 aliphatic heterocycles. The molecule has 4 aliphatic carbocycles. The molecule has 1 aromatic heterocycles. The van der Waals surface area contributed by atoms with Crippen LogP contribution in [0.5, 0.6) is 0 Å². The molecular formula is C30H39N3O4. The van der Waals surface area contributed by atoms with Gasteiger partial charge < -0.3 is 14.2 Å². The normalized spacial score (nSPS) is 26.2. The number of amides is 1. The van der Waals surface area contributed by atoms with Crippen molar-refractivity contribution in [3.05, 3.63) is 47.6 Å². The van der Waals surface area contributed by atoms with Crippen LogP contribution < -0.4 is 4.90 Å². The van der Waals surface area contributed by atoms with Crippen LogP contribution >= 0.6 is 0 Å². The highest BCUT2D eigenvalue weighted by atomic mass is 16.5. The lowest BCUT2D eigenvalue weighted by Gasteiger charge is -2.53. The van der Waals surface area contributed by atoms with Crippen molar-refractivity contribution in [3.8, 4) is 0 Å². The van der Waals surface area contributed by atoms with Crippen molar-refractivity contribution in [1.29, 1.82) is 0 Å². The second-order valence-electron chi connectivity index (χ2n) is 11.5. The molecule has 7 heteroatoms. The fourth-order valence-corrected chi connectivity index (χ4v) is 6.74. The van der Waals surface area contributed by atoms with Crippen molar-refractivity contribution in [1.82, 2.24) is 10.1 Å². The van der Waals surface area contributed by atoms with E-state index < -0.39 is 0 Å². The molecule has 4 fully saturated rings. The van der Waals surface area contributed by atoms with E-state index in [1.54, 1.807) is 6.08 Å². The van der Waals surface area contributed by atoms with Crippen LogP contribution in [-0.4, -0.2) is 35.7 Å². The van der Waals surface area contributed by atoms with Crippen molar-refractivity contribution >= 4 is 23.6 Å². The van der Waals surface area contributed by atoms with Crippen LogP contribution in [0.2, 0.25) is 0 Å². The van der Waals surface area contributed by atoms with Crippen molar-refractivity contribution in [2.75, 3.05) is 18.6 Å². The van der Waals surface area contributed by atoms with Crippen molar-refractivity contribution in [3.63, 3.8) is 0 Å². The third kappa shape index (κ3) is 5.51. The fraction of sp³-hybridized carbons (Fsp3) is 0.600. The van der Waals surface area contributed by atoms with Crippen LogP contribution in [0.4, 0.5) is 5.69 Å². The summed E-state index contributed by atoms with van der Waals surface area (Å²) in [4.78, 5) is 32.4. The molecule has 7 nitrogen and oxygen atoms in total. The van der Waals surface area contributed by atoms with Gasteiger partial charge in [0.2, 0.25) is 11.8 Å². The van der Waals surface area contributed by atoms with Gasteiger partial charge in [-0.2, -0.15) is 4.98 Å². The zero-order valence-corrected chi connectivity index (χ0v) is 22.2. The minimum atomic E-state index is -0.389. The number of nitrogens with zero attached hydrogens (tertiary/aromatic N) is 3. The molecule has 0 unspecified atom stereocenters. The average molecular weight is 506 g/mol. The molecule has 0 saturated heterocycles. The number of anilines is 1. The first-order chi connectivity index (χ1) is 17.9. The summed E-state index contributed by atoms with van der Waals surface area (Å²) >= 11 is 0.